The molecule has 10 heteroatoms. The number of aromatic nitrogens is 4. The van der Waals surface area contributed by atoms with Gasteiger partial charge in [0.05, 0.1) is 10.6 Å². The Hall–Kier alpha value is -4.08. The molecule has 0 unspecified atom stereocenters. The first-order chi connectivity index (χ1) is 14.3. The Balaban J connectivity index is 1.82. The van der Waals surface area contributed by atoms with Gasteiger partial charge in [0, 0.05) is 35.5 Å². The van der Waals surface area contributed by atoms with Gasteiger partial charge in [0.2, 0.25) is 11.9 Å². The summed E-state index contributed by atoms with van der Waals surface area (Å²) in [5.74, 6) is 0.119. The highest BCUT2D eigenvalue weighted by Gasteiger charge is 2.14. The zero-order valence-electron chi connectivity index (χ0n) is 16.7. The summed E-state index contributed by atoms with van der Waals surface area (Å²) in [5, 5.41) is 17.7. The molecule has 0 aliphatic heterocycles. The lowest BCUT2D eigenvalue weighted by molar-refractivity contribution is -0.384. The van der Waals surface area contributed by atoms with E-state index in [1.54, 1.807) is 32.0 Å². The Morgan fingerprint density at radius 1 is 1.30 bits per heavy atom. The Bertz CT molecular complexity index is 1190. The number of rotatable bonds is 6. The van der Waals surface area contributed by atoms with Crippen molar-refractivity contribution in [2.24, 2.45) is 0 Å². The van der Waals surface area contributed by atoms with E-state index in [0.29, 0.717) is 34.8 Å². The number of nitrogens with zero attached hydrogens (tertiary/aromatic N) is 4. The molecule has 0 aliphatic rings. The van der Waals surface area contributed by atoms with Gasteiger partial charge in [-0.1, -0.05) is 6.92 Å². The highest BCUT2D eigenvalue weighted by molar-refractivity contribution is 6.01. The van der Waals surface area contributed by atoms with E-state index in [1.807, 2.05) is 6.92 Å². The summed E-state index contributed by atoms with van der Waals surface area (Å²) < 4.78 is 1.36. The van der Waals surface area contributed by atoms with E-state index < -0.39 is 10.8 Å². The largest absolute Gasteiger partial charge is 0.307 e. The van der Waals surface area contributed by atoms with Gasteiger partial charge in [0.1, 0.15) is 5.82 Å². The Morgan fingerprint density at radius 3 is 2.60 bits per heavy atom. The maximum atomic E-state index is 12.3. The van der Waals surface area contributed by atoms with Crippen LogP contribution in [0.25, 0.3) is 12.0 Å². The number of H-pyrrole nitrogens is 1. The fourth-order valence-corrected chi connectivity index (χ4v) is 2.91. The van der Waals surface area contributed by atoms with Crippen molar-refractivity contribution in [3.63, 3.8) is 0 Å². The van der Waals surface area contributed by atoms with E-state index >= 15 is 0 Å². The predicted octanol–water partition coefficient (Wildman–Crippen LogP) is 2.69. The summed E-state index contributed by atoms with van der Waals surface area (Å²) in [6, 6.07) is 7.47. The van der Waals surface area contributed by atoms with Gasteiger partial charge in [0.15, 0.2) is 0 Å². The fourth-order valence-electron chi connectivity index (χ4n) is 2.91. The number of aryl methyl sites for hydroxylation is 2. The third kappa shape index (κ3) is 4.49. The van der Waals surface area contributed by atoms with E-state index in [2.05, 4.69) is 20.4 Å². The molecule has 2 aromatic heterocycles. The summed E-state index contributed by atoms with van der Waals surface area (Å²) in [5.41, 5.74) is 2.19. The van der Waals surface area contributed by atoms with E-state index in [9.17, 15) is 19.7 Å². The summed E-state index contributed by atoms with van der Waals surface area (Å²) in [7, 11) is 0. The standard InChI is InChI=1S/C20H20N6O4/c1-4-16-13(3)21-20(23-19(16)28)25-17(11-12(2)24-25)22-18(27)10-7-14-5-8-15(9-6-14)26(29)30/h5-11H,4H2,1-3H3,(H,22,27)(H,21,23,28)/b10-7+. The minimum Gasteiger partial charge on any atom is -0.307 e. The Labute approximate surface area is 171 Å². The van der Waals surface area contributed by atoms with Gasteiger partial charge in [-0.2, -0.15) is 9.78 Å². The molecule has 30 heavy (non-hydrogen) atoms. The third-order valence-electron chi connectivity index (χ3n) is 4.38. The van der Waals surface area contributed by atoms with Crippen LogP contribution in [0.4, 0.5) is 11.5 Å². The Morgan fingerprint density at radius 2 is 2.00 bits per heavy atom. The van der Waals surface area contributed by atoms with Gasteiger partial charge >= 0.3 is 0 Å². The maximum absolute atomic E-state index is 12.3. The van der Waals surface area contributed by atoms with Crippen LogP contribution in [0.1, 0.15) is 29.4 Å². The first kappa shape index (κ1) is 20.6. The Kier molecular flexibility index (Phi) is 5.86. The number of benzene rings is 1. The van der Waals surface area contributed by atoms with Crippen LogP contribution in [-0.2, 0) is 11.2 Å². The third-order valence-corrected chi connectivity index (χ3v) is 4.38. The molecule has 1 aromatic carbocycles. The predicted molar refractivity (Wildman–Crippen MR) is 112 cm³/mol. The molecule has 0 saturated carbocycles. The van der Waals surface area contributed by atoms with Gasteiger partial charge in [-0.15, -0.1) is 0 Å². The number of nitrogens with one attached hydrogen (secondary N) is 2. The van der Waals surface area contributed by atoms with Gasteiger partial charge in [-0.25, -0.2) is 4.98 Å². The molecule has 154 valence electrons. The molecule has 3 rings (SSSR count). The minimum atomic E-state index is -0.489. The topological polar surface area (TPSA) is 136 Å². The molecule has 2 heterocycles. The van der Waals surface area contributed by atoms with E-state index in [4.69, 9.17) is 0 Å². The van der Waals surface area contributed by atoms with Crippen molar-refractivity contribution in [2.45, 2.75) is 27.2 Å². The lowest BCUT2D eigenvalue weighted by Crippen LogP contribution is -2.21. The van der Waals surface area contributed by atoms with Crippen molar-refractivity contribution < 1.29 is 9.72 Å². The number of aromatic amines is 1. The van der Waals surface area contributed by atoms with Crippen LogP contribution in [-0.4, -0.2) is 30.6 Å². The van der Waals surface area contributed by atoms with Crippen LogP contribution < -0.4 is 10.9 Å². The van der Waals surface area contributed by atoms with Crippen LogP contribution in [0.5, 0.6) is 0 Å². The molecule has 3 aromatic rings. The molecule has 0 radical (unpaired) electrons. The quantitative estimate of drug-likeness (QED) is 0.366. The number of hydrogen-bond acceptors (Lipinski definition) is 6. The SMILES string of the molecule is CCc1c(C)nc(-n2nc(C)cc2NC(=O)/C=C/c2ccc([N+](=O)[O-])cc2)[nH]c1=O. The van der Waals surface area contributed by atoms with Gasteiger partial charge < -0.3 is 5.32 Å². The first-order valence-electron chi connectivity index (χ1n) is 9.19. The second-order valence-electron chi connectivity index (χ2n) is 6.56. The van der Waals surface area contributed by atoms with Crippen molar-refractivity contribution in [3.8, 4) is 5.95 Å². The molecular weight excluding hydrogens is 388 g/mol. The number of nitro benzene ring substituents is 1. The zero-order valence-corrected chi connectivity index (χ0v) is 16.7. The van der Waals surface area contributed by atoms with Crippen LogP contribution in [0.3, 0.4) is 0 Å². The average Bonchev–Trinajstić information content (AvgIpc) is 3.06. The summed E-state index contributed by atoms with van der Waals surface area (Å²) in [4.78, 5) is 41.9. The second kappa shape index (κ2) is 8.52. The number of carbonyl (C=O) groups excluding carboxylic acids is 1. The van der Waals surface area contributed by atoms with Gasteiger partial charge in [-0.05, 0) is 44.0 Å². The molecular formula is C20H20N6O4. The number of nitro groups is 1. The van der Waals surface area contributed by atoms with Gasteiger partial charge in [0.25, 0.3) is 11.2 Å². The van der Waals surface area contributed by atoms with E-state index in [-0.39, 0.29) is 17.2 Å². The second-order valence-corrected chi connectivity index (χ2v) is 6.56. The maximum Gasteiger partial charge on any atom is 0.269 e. The van der Waals surface area contributed by atoms with Crippen molar-refractivity contribution in [1.82, 2.24) is 19.7 Å². The highest BCUT2D eigenvalue weighted by atomic mass is 16.6. The lowest BCUT2D eigenvalue weighted by Gasteiger charge is -2.09. The smallest absolute Gasteiger partial charge is 0.269 e. The minimum absolute atomic E-state index is 0.0261. The molecule has 2 N–H and O–H groups in total. The molecule has 0 spiro atoms. The van der Waals surface area contributed by atoms with E-state index in [0.717, 1.165) is 0 Å². The summed E-state index contributed by atoms with van der Waals surface area (Å²) in [6.45, 7) is 5.38. The molecule has 10 nitrogen and oxygen atoms in total. The molecule has 1 amide bonds. The zero-order chi connectivity index (χ0) is 21.8. The number of anilines is 1. The van der Waals surface area contributed by atoms with Crippen molar-refractivity contribution >= 4 is 23.5 Å². The van der Waals surface area contributed by atoms with Crippen molar-refractivity contribution in [1.29, 1.82) is 0 Å². The van der Waals surface area contributed by atoms with Crippen LogP contribution in [0, 0.1) is 24.0 Å². The summed E-state index contributed by atoms with van der Waals surface area (Å²) in [6.07, 6.45) is 3.39. The molecule has 0 aliphatic carbocycles. The van der Waals surface area contributed by atoms with Crippen LogP contribution in [0.15, 0.2) is 41.2 Å². The van der Waals surface area contributed by atoms with Crippen molar-refractivity contribution in [3.05, 3.63) is 79.4 Å². The fraction of sp³-hybridized carbons (Fsp3) is 0.200. The van der Waals surface area contributed by atoms with Crippen LogP contribution >= 0.6 is 0 Å². The number of non-ortho nitro benzene ring substituents is 1. The highest BCUT2D eigenvalue weighted by Crippen LogP contribution is 2.16. The number of amides is 1. The summed E-state index contributed by atoms with van der Waals surface area (Å²) >= 11 is 0. The first-order valence-corrected chi connectivity index (χ1v) is 9.19. The normalized spacial score (nSPS) is 11.0. The van der Waals surface area contributed by atoms with Gasteiger partial charge in [-0.3, -0.25) is 24.7 Å². The molecule has 0 fully saturated rings. The molecule has 0 atom stereocenters. The van der Waals surface area contributed by atoms with Crippen molar-refractivity contribution in [2.75, 3.05) is 5.32 Å². The lowest BCUT2D eigenvalue weighted by atomic mass is 10.2. The molecule has 0 bridgehead atoms. The van der Waals surface area contributed by atoms with Crippen LogP contribution in [0.2, 0.25) is 0 Å². The monoisotopic (exact) mass is 408 g/mol. The van der Waals surface area contributed by atoms with E-state index in [1.165, 1.54) is 29.0 Å². The molecule has 0 saturated heterocycles. The number of hydrogen-bond donors (Lipinski definition) is 2. The number of carbonyl (C=O) groups is 1. The average molecular weight is 408 g/mol.